The Morgan fingerprint density at radius 2 is 2.05 bits per heavy atom. The average molecular weight is 422 g/mol. The summed E-state index contributed by atoms with van der Waals surface area (Å²) in [6, 6.07) is 9.87. The molecule has 22 heavy (non-hydrogen) atoms. The van der Waals surface area contributed by atoms with Crippen LogP contribution in [0.15, 0.2) is 50.4 Å². The number of hydrogen-bond donors (Lipinski definition) is 2. The number of carbonyl (C=O) groups excluding carboxylic acids is 1. The van der Waals surface area contributed by atoms with E-state index in [1.807, 2.05) is 0 Å². The Bertz CT molecular complexity index is 795. The normalized spacial score (nSPS) is 10.4. The Morgan fingerprint density at radius 3 is 2.73 bits per heavy atom. The maximum absolute atomic E-state index is 12.0. The minimum atomic E-state index is -0.372. The van der Waals surface area contributed by atoms with Crippen molar-refractivity contribution in [3.8, 4) is 18.1 Å². The molecule has 0 saturated carbocycles. The zero-order valence-electron chi connectivity index (χ0n) is 11.2. The molecule has 0 radical (unpaired) electrons. The summed E-state index contributed by atoms with van der Waals surface area (Å²) in [5.74, 6) is 2.12. The first kappa shape index (κ1) is 16.3. The van der Waals surface area contributed by atoms with Crippen LogP contribution < -0.4 is 5.43 Å². The lowest BCUT2D eigenvalue weighted by Crippen LogP contribution is -2.18. The van der Waals surface area contributed by atoms with Crippen LogP contribution in [0.2, 0.25) is 0 Å². The maximum atomic E-state index is 12.0. The molecule has 0 spiro atoms. The van der Waals surface area contributed by atoms with Gasteiger partial charge in [0.1, 0.15) is 5.75 Å². The topological polar surface area (TPSA) is 61.7 Å². The van der Waals surface area contributed by atoms with Crippen molar-refractivity contribution in [2.24, 2.45) is 5.10 Å². The van der Waals surface area contributed by atoms with Gasteiger partial charge in [-0.2, -0.15) is 5.10 Å². The molecule has 0 aliphatic heterocycles. The van der Waals surface area contributed by atoms with Gasteiger partial charge < -0.3 is 5.11 Å². The van der Waals surface area contributed by atoms with Crippen molar-refractivity contribution >= 4 is 44.0 Å². The van der Waals surface area contributed by atoms with Gasteiger partial charge >= 0.3 is 0 Å². The third kappa shape index (κ3) is 3.97. The number of halogens is 2. The summed E-state index contributed by atoms with van der Waals surface area (Å²) in [6.45, 7) is 0. The van der Waals surface area contributed by atoms with Crippen molar-refractivity contribution in [3.05, 3.63) is 62.0 Å². The van der Waals surface area contributed by atoms with E-state index in [0.717, 1.165) is 4.47 Å². The summed E-state index contributed by atoms with van der Waals surface area (Å²) in [5.41, 5.74) is 3.88. The minimum absolute atomic E-state index is 0.0295. The van der Waals surface area contributed by atoms with Gasteiger partial charge in [-0.1, -0.05) is 21.9 Å². The Hall–Kier alpha value is -2.10. The Kier molecular flexibility index (Phi) is 5.36. The molecule has 2 aromatic rings. The summed E-state index contributed by atoms with van der Waals surface area (Å²) in [5, 5.41) is 13.5. The van der Waals surface area contributed by atoms with Crippen LogP contribution in [0, 0.1) is 12.3 Å². The first-order valence-corrected chi connectivity index (χ1v) is 7.68. The molecule has 2 N–H and O–H groups in total. The Balaban J connectivity index is 2.12. The number of benzene rings is 2. The van der Waals surface area contributed by atoms with Crippen LogP contribution >= 0.6 is 31.9 Å². The molecule has 0 bridgehead atoms. The lowest BCUT2D eigenvalue weighted by molar-refractivity contribution is 0.0954. The molecule has 2 aromatic carbocycles. The van der Waals surface area contributed by atoms with Crippen LogP contribution in [0.4, 0.5) is 0 Å². The van der Waals surface area contributed by atoms with Gasteiger partial charge in [-0.3, -0.25) is 4.79 Å². The summed E-state index contributed by atoms with van der Waals surface area (Å²) in [6.07, 6.45) is 6.63. The molecule has 0 unspecified atom stereocenters. The number of carbonyl (C=O) groups is 1. The van der Waals surface area contributed by atoms with Gasteiger partial charge in [-0.05, 0) is 52.3 Å². The molecule has 0 fully saturated rings. The number of nitrogens with zero attached hydrogens (tertiary/aromatic N) is 1. The molecule has 110 valence electrons. The fourth-order valence-electron chi connectivity index (χ4n) is 1.64. The highest BCUT2D eigenvalue weighted by atomic mass is 79.9. The number of aromatic hydroxyl groups is 1. The number of amides is 1. The summed E-state index contributed by atoms with van der Waals surface area (Å²) >= 11 is 6.63. The second-order valence-electron chi connectivity index (χ2n) is 4.24. The van der Waals surface area contributed by atoms with Gasteiger partial charge in [-0.15, -0.1) is 6.42 Å². The average Bonchev–Trinajstić information content (AvgIpc) is 2.49. The van der Waals surface area contributed by atoms with Crippen LogP contribution in [0.5, 0.6) is 5.75 Å². The minimum Gasteiger partial charge on any atom is -0.507 e. The van der Waals surface area contributed by atoms with E-state index in [1.165, 1.54) is 12.3 Å². The van der Waals surface area contributed by atoms with E-state index in [1.54, 1.807) is 30.3 Å². The molecular weight excluding hydrogens is 412 g/mol. The van der Waals surface area contributed by atoms with Gasteiger partial charge in [0.25, 0.3) is 5.91 Å². The second kappa shape index (κ2) is 7.25. The van der Waals surface area contributed by atoms with Gasteiger partial charge in [-0.25, -0.2) is 5.43 Å². The molecule has 2 rings (SSSR count). The van der Waals surface area contributed by atoms with E-state index in [0.29, 0.717) is 21.2 Å². The number of nitrogens with one attached hydrogen (secondary N) is 1. The third-order valence-electron chi connectivity index (χ3n) is 2.74. The van der Waals surface area contributed by atoms with E-state index in [9.17, 15) is 9.90 Å². The van der Waals surface area contributed by atoms with E-state index in [-0.39, 0.29) is 11.7 Å². The second-order valence-corrected chi connectivity index (χ2v) is 6.01. The number of hydrazone groups is 1. The molecule has 0 aliphatic carbocycles. The first-order valence-electron chi connectivity index (χ1n) is 6.09. The highest BCUT2D eigenvalue weighted by Crippen LogP contribution is 2.22. The fourth-order valence-corrected chi connectivity index (χ4v) is 2.87. The number of phenolic OH excluding ortho intramolecular Hbond substituents is 1. The highest BCUT2D eigenvalue weighted by Gasteiger charge is 2.09. The van der Waals surface area contributed by atoms with Crippen LogP contribution in [0.3, 0.4) is 0 Å². The van der Waals surface area contributed by atoms with Crippen molar-refractivity contribution in [3.63, 3.8) is 0 Å². The monoisotopic (exact) mass is 420 g/mol. The molecule has 1 amide bonds. The van der Waals surface area contributed by atoms with Crippen LogP contribution in [-0.2, 0) is 0 Å². The predicted molar refractivity (Wildman–Crippen MR) is 92.9 cm³/mol. The molecule has 6 heteroatoms. The number of terminal acetylenes is 1. The molecule has 0 heterocycles. The fraction of sp³-hybridized carbons (Fsp3) is 0. The Morgan fingerprint density at radius 1 is 1.27 bits per heavy atom. The zero-order valence-corrected chi connectivity index (χ0v) is 14.3. The molecule has 0 atom stereocenters. The molecule has 0 aromatic heterocycles. The third-order valence-corrected chi connectivity index (χ3v) is 3.89. The van der Waals surface area contributed by atoms with Gasteiger partial charge in [0.2, 0.25) is 0 Å². The summed E-state index contributed by atoms with van der Waals surface area (Å²) in [7, 11) is 0. The van der Waals surface area contributed by atoms with Gasteiger partial charge in [0.05, 0.1) is 11.8 Å². The van der Waals surface area contributed by atoms with E-state index in [2.05, 4.69) is 48.3 Å². The van der Waals surface area contributed by atoms with E-state index < -0.39 is 0 Å². The lowest BCUT2D eigenvalue weighted by Gasteiger charge is -2.03. The Labute approximate surface area is 144 Å². The molecule has 0 aliphatic rings. The van der Waals surface area contributed by atoms with Crippen molar-refractivity contribution in [1.82, 2.24) is 5.43 Å². The van der Waals surface area contributed by atoms with Crippen molar-refractivity contribution in [1.29, 1.82) is 0 Å². The zero-order chi connectivity index (χ0) is 16.1. The summed E-state index contributed by atoms with van der Waals surface area (Å²) in [4.78, 5) is 12.0. The SMILES string of the molecule is C#Cc1ccc(O)c(/C=N/NC(=O)c2ccc(Br)cc2Br)c1. The number of rotatable bonds is 3. The number of phenols is 1. The van der Waals surface area contributed by atoms with Crippen molar-refractivity contribution in [2.45, 2.75) is 0 Å². The highest BCUT2D eigenvalue weighted by molar-refractivity contribution is 9.11. The van der Waals surface area contributed by atoms with Gasteiger partial charge in [0, 0.05) is 20.1 Å². The lowest BCUT2D eigenvalue weighted by atomic mass is 10.1. The smallest absolute Gasteiger partial charge is 0.272 e. The van der Waals surface area contributed by atoms with Crippen LogP contribution in [0.1, 0.15) is 21.5 Å². The quantitative estimate of drug-likeness (QED) is 0.451. The maximum Gasteiger partial charge on any atom is 0.272 e. The first-order chi connectivity index (χ1) is 10.5. The largest absolute Gasteiger partial charge is 0.507 e. The van der Waals surface area contributed by atoms with Crippen LogP contribution in [-0.4, -0.2) is 17.2 Å². The van der Waals surface area contributed by atoms with Crippen molar-refractivity contribution in [2.75, 3.05) is 0 Å². The van der Waals surface area contributed by atoms with Gasteiger partial charge in [0.15, 0.2) is 0 Å². The standard InChI is InChI=1S/C16H10Br2N2O2/c1-2-10-3-6-15(21)11(7-10)9-19-20-16(22)13-5-4-12(17)8-14(13)18/h1,3-9,21H,(H,20,22)/b19-9+. The number of hydrogen-bond acceptors (Lipinski definition) is 3. The molecular formula is C16H10Br2N2O2. The molecule has 0 saturated heterocycles. The molecule has 4 nitrogen and oxygen atoms in total. The van der Waals surface area contributed by atoms with E-state index in [4.69, 9.17) is 6.42 Å². The van der Waals surface area contributed by atoms with Crippen molar-refractivity contribution < 1.29 is 9.90 Å². The van der Waals surface area contributed by atoms with Crippen LogP contribution in [0.25, 0.3) is 0 Å². The van der Waals surface area contributed by atoms with E-state index >= 15 is 0 Å². The predicted octanol–water partition coefficient (Wildman–Crippen LogP) is 3.66. The summed E-state index contributed by atoms with van der Waals surface area (Å²) < 4.78 is 1.50.